The Balaban J connectivity index is 2.81. The lowest BCUT2D eigenvalue weighted by molar-refractivity contribution is -0.111. The first-order valence-corrected chi connectivity index (χ1v) is 3.92. The Hall–Kier alpha value is -2.11. The number of aromatic nitrogens is 2. The molecular formula is C8H10N4O2. The van der Waals surface area contributed by atoms with Crippen molar-refractivity contribution in [1.82, 2.24) is 10.2 Å². The molecule has 1 aromatic rings. The number of allylic oxidation sites excluding steroid dienone is 1. The van der Waals surface area contributed by atoms with Crippen LogP contribution >= 0.6 is 0 Å². The first-order valence-electron chi connectivity index (χ1n) is 3.92. The molecule has 0 saturated heterocycles. The lowest BCUT2D eigenvalue weighted by Gasteiger charge is -1.99. The number of carbonyl (C=O) groups is 2. The molecule has 0 spiro atoms. The standard InChI is InChI=1S/C8H10N4O2/c1-2-3-6(13)11-8-5(7(9)14)4-10-12-8/h2-4H,1H3,(H2,9,14)(H2,10,11,12,13)/b3-2+. The third-order valence-corrected chi connectivity index (χ3v) is 1.47. The molecule has 0 fully saturated rings. The predicted molar refractivity (Wildman–Crippen MR) is 50.5 cm³/mol. The molecular weight excluding hydrogens is 184 g/mol. The van der Waals surface area contributed by atoms with Gasteiger partial charge in [-0.2, -0.15) is 5.10 Å². The number of hydrogen-bond donors (Lipinski definition) is 3. The fourth-order valence-corrected chi connectivity index (χ4v) is 0.884. The minimum Gasteiger partial charge on any atom is -0.365 e. The van der Waals surface area contributed by atoms with E-state index in [4.69, 9.17) is 5.73 Å². The van der Waals surface area contributed by atoms with Gasteiger partial charge in [-0.25, -0.2) is 0 Å². The molecule has 14 heavy (non-hydrogen) atoms. The second-order valence-electron chi connectivity index (χ2n) is 2.51. The van der Waals surface area contributed by atoms with Gasteiger partial charge >= 0.3 is 0 Å². The second-order valence-corrected chi connectivity index (χ2v) is 2.51. The highest BCUT2D eigenvalue weighted by Crippen LogP contribution is 2.09. The van der Waals surface area contributed by atoms with Crippen LogP contribution in [-0.4, -0.2) is 22.0 Å². The molecule has 0 bridgehead atoms. The van der Waals surface area contributed by atoms with E-state index < -0.39 is 5.91 Å². The van der Waals surface area contributed by atoms with Crippen molar-refractivity contribution in [2.75, 3.05) is 5.32 Å². The molecule has 0 aliphatic heterocycles. The van der Waals surface area contributed by atoms with Crippen molar-refractivity contribution >= 4 is 17.6 Å². The van der Waals surface area contributed by atoms with Crippen LogP contribution < -0.4 is 11.1 Å². The van der Waals surface area contributed by atoms with Crippen molar-refractivity contribution in [1.29, 1.82) is 0 Å². The van der Waals surface area contributed by atoms with E-state index in [1.807, 2.05) is 0 Å². The lowest BCUT2D eigenvalue weighted by atomic mass is 10.3. The third-order valence-electron chi connectivity index (χ3n) is 1.47. The Bertz CT molecular complexity index is 380. The van der Waals surface area contributed by atoms with Gasteiger partial charge in [0.05, 0.1) is 6.20 Å². The van der Waals surface area contributed by atoms with Gasteiger partial charge in [0.15, 0.2) is 0 Å². The van der Waals surface area contributed by atoms with Crippen LogP contribution in [0, 0.1) is 0 Å². The van der Waals surface area contributed by atoms with Crippen molar-refractivity contribution in [2.45, 2.75) is 6.92 Å². The molecule has 2 amide bonds. The summed E-state index contributed by atoms with van der Waals surface area (Å²) in [5, 5.41) is 8.48. The van der Waals surface area contributed by atoms with E-state index in [-0.39, 0.29) is 17.3 Å². The number of amides is 2. The highest BCUT2D eigenvalue weighted by molar-refractivity contribution is 6.04. The van der Waals surface area contributed by atoms with Gasteiger partial charge in [-0.3, -0.25) is 14.7 Å². The summed E-state index contributed by atoms with van der Waals surface area (Å²) >= 11 is 0. The Morgan fingerprint density at radius 3 is 2.93 bits per heavy atom. The van der Waals surface area contributed by atoms with E-state index in [0.29, 0.717) is 0 Å². The maximum absolute atomic E-state index is 11.1. The zero-order chi connectivity index (χ0) is 10.6. The number of nitrogens with one attached hydrogen (secondary N) is 2. The van der Waals surface area contributed by atoms with E-state index >= 15 is 0 Å². The van der Waals surface area contributed by atoms with Gasteiger partial charge < -0.3 is 11.1 Å². The molecule has 1 rings (SSSR count). The van der Waals surface area contributed by atoms with Crippen LogP contribution in [-0.2, 0) is 4.79 Å². The van der Waals surface area contributed by atoms with E-state index in [9.17, 15) is 9.59 Å². The minimum absolute atomic E-state index is 0.155. The number of rotatable bonds is 3. The lowest BCUT2D eigenvalue weighted by Crippen LogP contribution is -2.15. The first kappa shape index (κ1) is 9.97. The number of primary amides is 1. The third kappa shape index (κ3) is 2.19. The summed E-state index contributed by atoms with van der Waals surface area (Å²) in [7, 11) is 0. The van der Waals surface area contributed by atoms with E-state index in [1.165, 1.54) is 12.3 Å². The maximum Gasteiger partial charge on any atom is 0.254 e. The topological polar surface area (TPSA) is 101 Å². The molecule has 0 aromatic carbocycles. The Labute approximate surface area is 80.2 Å². The van der Waals surface area contributed by atoms with E-state index in [1.54, 1.807) is 13.0 Å². The van der Waals surface area contributed by atoms with Crippen LogP contribution in [0.4, 0.5) is 5.82 Å². The Kier molecular flexibility index (Phi) is 3.01. The summed E-state index contributed by atoms with van der Waals surface area (Å²) < 4.78 is 0. The van der Waals surface area contributed by atoms with Crippen molar-refractivity contribution < 1.29 is 9.59 Å². The van der Waals surface area contributed by atoms with Crippen LogP contribution in [0.2, 0.25) is 0 Å². The van der Waals surface area contributed by atoms with Crippen molar-refractivity contribution in [3.8, 4) is 0 Å². The van der Waals surface area contributed by atoms with Gasteiger partial charge in [-0.1, -0.05) is 6.08 Å². The highest BCUT2D eigenvalue weighted by Gasteiger charge is 2.11. The average molecular weight is 194 g/mol. The van der Waals surface area contributed by atoms with Crippen LogP contribution in [0.25, 0.3) is 0 Å². The van der Waals surface area contributed by atoms with E-state index in [2.05, 4.69) is 15.5 Å². The van der Waals surface area contributed by atoms with Crippen LogP contribution in [0.1, 0.15) is 17.3 Å². The van der Waals surface area contributed by atoms with E-state index in [0.717, 1.165) is 0 Å². The number of hydrogen-bond acceptors (Lipinski definition) is 3. The molecule has 0 aliphatic carbocycles. The van der Waals surface area contributed by atoms with Crippen molar-refractivity contribution in [3.05, 3.63) is 23.9 Å². The summed E-state index contributed by atoms with van der Waals surface area (Å²) in [6, 6.07) is 0. The molecule has 1 heterocycles. The molecule has 0 saturated carbocycles. The summed E-state index contributed by atoms with van der Waals surface area (Å²) in [5.41, 5.74) is 5.20. The predicted octanol–water partition coefficient (Wildman–Crippen LogP) is 0.0232. The van der Waals surface area contributed by atoms with Gasteiger partial charge in [0.25, 0.3) is 5.91 Å². The van der Waals surface area contributed by atoms with Crippen molar-refractivity contribution in [2.24, 2.45) is 5.73 Å². The number of nitrogens with two attached hydrogens (primary N) is 1. The fourth-order valence-electron chi connectivity index (χ4n) is 0.884. The zero-order valence-corrected chi connectivity index (χ0v) is 7.57. The van der Waals surface area contributed by atoms with Gasteiger partial charge in [0, 0.05) is 0 Å². The molecule has 6 heteroatoms. The van der Waals surface area contributed by atoms with Gasteiger partial charge in [-0.15, -0.1) is 0 Å². The highest BCUT2D eigenvalue weighted by atomic mass is 16.2. The quantitative estimate of drug-likeness (QED) is 0.591. The summed E-state index contributed by atoms with van der Waals surface area (Å²) in [6.07, 6.45) is 4.16. The molecule has 0 atom stereocenters. The first-order chi connectivity index (χ1) is 6.65. The average Bonchev–Trinajstić information content (AvgIpc) is 2.52. The minimum atomic E-state index is -0.644. The number of aromatic amines is 1. The number of anilines is 1. The second kappa shape index (κ2) is 4.22. The Morgan fingerprint density at radius 2 is 2.36 bits per heavy atom. The SMILES string of the molecule is C/C=C/C(=O)Nc1[nH]ncc1C(N)=O. The molecule has 0 unspecified atom stereocenters. The summed E-state index contributed by atoms with van der Waals surface area (Å²) in [5.74, 6) is -0.783. The van der Waals surface area contributed by atoms with Gasteiger partial charge in [0.1, 0.15) is 11.4 Å². The summed E-state index contributed by atoms with van der Waals surface area (Å²) in [4.78, 5) is 21.9. The Morgan fingerprint density at radius 1 is 1.64 bits per heavy atom. The normalized spacial score (nSPS) is 10.4. The molecule has 6 nitrogen and oxygen atoms in total. The monoisotopic (exact) mass is 194 g/mol. The van der Waals surface area contributed by atoms with Gasteiger partial charge in [0.2, 0.25) is 5.91 Å². The summed E-state index contributed by atoms with van der Waals surface area (Å²) in [6.45, 7) is 1.71. The molecule has 0 aliphatic rings. The molecule has 0 radical (unpaired) electrons. The van der Waals surface area contributed by atoms with Crippen LogP contribution in [0.5, 0.6) is 0 Å². The zero-order valence-electron chi connectivity index (χ0n) is 7.57. The molecule has 1 aromatic heterocycles. The maximum atomic E-state index is 11.1. The van der Waals surface area contributed by atoms with Crippen LogP contribution in [0.15, 0.2) is 18.3 Å². The smallest absolute Gasteiger partial charge is 0.254 e. The number of nitrogens with zero attached hydrogens (tertiary/aromatic N) is 1. The largest absolute Gasteiger partial charge is 0.365 e. The van der Waals surface area contributed by atoms with Crippen LogP contribution in [0.3, 0.4) is 0 Å². The van der Waals surface area contributed by atoms with Crippen molar-refractivity contribution in [3.63, 3.8) is 0 Å². The number of carbonyl (C=O) groups excluding carboxylic acids is 2. The molecule has 4 N–H and O–H groups in total. The molecule has 74 valence electrons. The van der Waals surface area contributed by atoms with Gasteiger partial charge in [-0.05, 0) is 13.0 Å². The number of H-pyrrole nitrogens is 1. The fraction of sp³-hybridized carbons (Fsp3) is 0.125.